The van der Waals surface area contributed by atoms with Crippen LogP contribution in [-0.4, -0.2) is 52.3 Å². The zero-order chi connectivity index (χ0) is 17.3. The number of hydrogen-bond donors (Lipinski definition) is 1. The molecule has 3 heterocycles. The van der Waals surface area contributed by atoms with Gasteiger partial charge in [0.25, 0.3) is 11.5 Å². The Morgan fingerprint density at radius 1 is 1.38 bits per heavy atom. The minimum absolute atomic E-state index is 0.0214. The van der Waals surface area contributed by atoms with E-state index in [1.165, 1.54) is 12.3 Å². The number of nitrogens with one attached hydrogen (secondary N) is 1. The van der Waals surface area contributed by atoms with Gasteiger partial charge in [-0.1, -0.05) is 18.5 Å². The van der Waals surface area contributed by atoms with Crippen LogP contribution in [0.3, 0.4) is 0 Å². The minimum Gasteiger partial charge on any atom is -0.339 e. The van der Waals surface area contributed by atoms with Crippen molar-refractivity contribution in [3.63, 3.8) is 0 Å². The number of hydrogen-bond acceptors (Lipinski definition) is 3. The molecule has 3 rings (SSSR count). The van der Waals surface area contributed by atoms with Gasteiger partial charge in [-0.3, -0.25) is 14.4 Å². The van der Waals surface area contributed by atoms with Gasteiger partial charge in [-0.15, -0.1) is 0 Å². The third-order valence-corrected chi connectivity index (χ3v) is 5.28. The Bertz CT molecular complexity index is 703. The highest BCUT2D eigenvalue weighted by Crippen LogP contribution is 2.32. The number of piperidine rings is 2. The van der Waals surface area contributed by atoms with Gasteiger partial charge >= 0.3 is 0 Å². The van der Waals surface area contributed by atoms with Crippen molar-refractivity contribution in [1.29, 1.82) is 0 Å². The molecule has 2 amide bonds. The van der Waals surface area contributed by atoms with E-state index in [1.807, 2.05) is 9.80 Å². The number of fused-ring (bicyclic) bond motifs is 1. The second-order valence-electron chi connectivity index (χ2n) is 6.56. The lowest BCUT2D eigenvalue weighted by molar-refractivity contribution is -0.140. The van der Waals surface area contributed by atoms with E-state index in [9.17, 15) is 14.4 Å². The van der Waals surface area contributed by atoms with Gasteiger partial charge in [-0.2, -0.15) is 0 Å². The molecular weight excluding hydrogens is 330 g/mol. The average molecular weight is 352 g/mol. The third-order valence-electron chi connectivity index (χ3n) is 5.00. The molecule has 1 N–H and O–H groups in total. The second kappa shape index (κ2) is 6.97. The lowest BCUT2D eigenvalue weighted by Crippen LogP contribution is -2.57. The summed E-state index contributed by atoms with van der Waals surface area (Å²) in [6.45, 7) is 4.14. The maximum atomic E-state index is 12.7. The summed E-state index contributed by atoms with van der Waals surface area (Å²) in [5, 5.41) is 0.0214. The van der Waals surface area contributed by atoms with Crippen LogP contribution in [0.5, 0.6) is 0 Å². The molecule has 2 aliphatic heterocycles. The van der Waals surface area contributed by atoms with E-state index in [0.717, 1.165) is 25.8 Å². The van der Waals surface area contributed by atoms with Crippen LogP contribution in [0.1, 0.15) is 43.0 Å². The van der Waals surface area contributed by atoms with E-state index >= 15 is 0 Å². The van der Waals surface area contributed by atoms with Crippen molar-refractivity contribution in [2.45, 2.75) is 38.6 Å². The standard InChI is InChI=1S/C17H22ClN3O3/c1-2-6-21-14-5-7-20(10-11(14)3-4-15(21)22)17(24)12-8-13(18)16(23)19-9-12/h8-9,11,14H,2-7,10H2,1H3,(H,19,23)/t11-,14+/m1/s1. The van der Waals surface area contributed by atoms with Gasteiger partial charge in [-0.05, 0) is 31.2 Å². The normalized spacial score (nSPS) is 24.0. The van der Waals surface area contributed by atoms with Crippen molar-refractivity contribution in [3.8, 4) is 0 Å². The van der Waals surface area contributed by atoms with Crippen molar-refractivity contribution < 1.29 is 9.59 Å². The Labute approximate surface area is 145 Å². The molecule has 0 spiro atoms. The van der Waals surface area contributed by atoms with Crippen LogP contribution in [0.4, 0.5) is 0 Å². The Morgan fingerprint density at radius 3 is 2.88 bits per heavy atom. The molecule has 0 bridgehead atoms. The molecule has 1 aromatic heterocycles. The fourth-order valence-electron chi connectivity index (χ4n) is 3.83. The largest absolute Gasteiger partial charge is 0.339 e. The first-order valence-electron chi connectivity index (χ1n) is 8.48. The highest BCUT2D eigenvalue weighted by Gasteiger charge is 2.40. The summed E-state index contributed by atoms with van der Waals surface area (Å²) < 4.78 is 0. The van der Waals surface area contributed by atoms with Crippen LogP contribution in [0.2, 0.25) is 5.02 Å². The lowest BCUT2D eigenvalue weighted by Gasteiger charge is -2.47. The molecule has 7 heteroatoms. The lowest BCUT2D eigenvalue weighted by atomic mass is 9.83. The quantitative estimate of drug-likeness (QED) is 0.903. The predicted octanol–water partition coefficient (Wildman–Crippen LogP) is 1.89. The number of likely N-dealkylation sites (tertiary alicyclic amines) is 2. The van der Waals surface area contributed by atoms with Gasteiger partial charge in [0.15, 0.2) is 0 Å². The minimum atomic E-state index is -0.395. The molecule has 0 unspecified atom stereocenters. The second-order valence-corrected chi connectivity index (χ2v) is 6.97. The zero-order valence-corrected chi connectivity index (χ0v) is 14.5. The molecule has 0 aromatic carbocycles. The van der Waals surface area contributed by atoms with E-state index in [-0.39, 0.29) is 22.9 Å². The van der Waals surface area contributed by atoms with Gasteiger partial charge in [0.2, 0.25) is 5.91 Å². The van der Waals surface area contributed by atoms with E-state index in [2.05, 4.69) is 11.9 Å². The van der Waals surface area contributed by atoms with Crippen molar-refractivity contribution in [3.05, 3.63) is 33.2 Å². The van der Waals surface area contributed by atoms with Crippen LogP contribution in [0.25, 0.3) is 0 Å². The number of carbonyl (C=O) groups excluding carboxylic acids is 2. The maximum absolute atomic E-state index is 12.7. The van der Waals surface area contributed by atoms with E-state index in [1.54, 1.807) is 0 Å². The molecule has 130 valence electrons. The van der Waals surface area contributed by atoms with Crippen molar-refractivity contribution >= 4 is 23.4 Å². The van der Waals surface area contributed by atoms with Gasteiger partial charge in [-0.25, -0.2) is 0 Å². The van der Waals surface area contributed by atoms with Crippen molar-refractivity contribution in [1.82, 2.24) is 14.8 Å². The van der Waals surface area contributed by atoms with E-state index in [0.29, 0.717) is 31.0 Å². The summed E-state index contributed by atoms with van der Waals surface area (Å²) in [5.74, 6) is 0.445. The summed E-state index contributed by atoms with van der Waals surface area (Å²) in [7, 11) is 0. The molecule has 0 saturated carbocycles. The number of H-pyrrole nitrogens is 1. The Kier molecular flexibility index (Phi) is 4.94. The monoisotopic (exact) mass is 351 g/mol. The first-order valence-corrected chi connectivity index (χ1v) is 8.86. The summed E-state index contributed by atoms with van der Waals surface area (Å²) in [6, 6.07) is 1.66. The first kappa shape index (κ1) is 17.0. The molecule has 2 fully saturated rings. The predicted molar refractivity (Wildman–Crippen MR) is 91.1 cm³/mol. The topological polar surface area (TPSA) is 73.5 Å². The molecular formula is C17H22ClN3O3. The molecule has 6 nitrogen and oxygen atoms in total. The number of rotatable bonds is 3. The fraction of sp³-hybridized carbons (Fsp3) is 0.588. The molecule has 0 radical (unpaired) electrons. The van der Waals surface area contributed by atoms with Crippen LogP contribution in [0, 0.1) is 5.92 Å². The Morgan fingerprint density at radius 2 is 2.17 bits per heavy atom. The summed E-state index contributed by atoms with van der Waals surface area (Å²) in [4.78, 5) is 42.5. The number of aromatic nitrogens is 1. The van der Waals surface area contributed by atoms with E-state index < -0.39 is 5.56 Å². The SMILES string of the molecule is CCCN1C(=O)CC[C@@H]2CN(C(=O)c3c[nH]c(=O)c(Cl)c3)CC[C@@H]21. The Hall–Kier alpha value is -1.82. The first-order chi connectivity index (χ1) is 11.5. The number of halogens is 1. The van der Waals surface area contributed by atoms with Gasteiger partial charge in [0.05, 0.1) is 5.56 Å². The van der Waals surface area contributed by atoms with Crippen molar-refractivity contribution in [2.24, 2.45) is 5.92 Å². The molecule has 0 aliphatic carbocycles. The number of amides is 2. The highest BCUT2D eigenvalue weighted by molar-refractivity contribution is 6.30. The molecule has 2 atom stereocenters. The maximum Gasteiger partial charge on any atom is 0.266 e. The van der Waals surface area contributed by atoms with Crippen LogP contribution in [0.15, 0.2) is 17.1 Å². The fourth-order valence-corrected chi connectivity index (χ4v) is 4.00. The molecule has 2 aliphatic rings. The highest BCUT2D eigenvalue weighted by atomic mass is 35.5. The summed E-state index contributed by atoms with van der Waals surface area (Å²) >= 11 is 5.82. The molecule has 24 heavy (non-hydrogen) atoms. The van der Waals surface area contributed by atoms with Crippen LogP contribution < -0.4 is 5.56 Å². The molecule has 2 saturated heterocycles. The van der Waals surface area contributed by atoms with Crippen molar-refractivity contribution in [2.75, 3.05) is 19.6 Å². The number of carbonyl (C=O) groups is 2. The number of aromatic amines is 1. The van der Waals surface area contributed by atoms with E-state index in [4.69, 9.17) is 11.6 Å². The number of nitrogens with zero attached hydrogens (tertiary/aromatic N) is 2. The third kappa shape index (κ3) is 3.20. The van der Waals surface area contributed by atoms with Gasteiger partial charge in [0.1, 0.15) is 5.02 Å². The van der Waals surface area contributed by atoms with Gasteiger partial charge in [0, 0.05) is 38.3 Å². The smallest absolute Gasteiger partial charge is 0.266 e. The Balaban J connectivity index is 1.72. The zero-order valence-electron chi connectivity index (χ0n) is 13.8. The summed E-state index contributed by atoms with van der Waals surface area (Å²) in [6.07, 6.45) is 4.57. The summed E-state index contributed by atoms with van der Waals surface area (Å²) in [5.41, 5.74) is 0.00303. The van der Waals surface area contributed by atoms with Crippen LogP contribution in [-0.2, 0) is 4.79 Å². The van der Waals surface area contributed by atoms with Crippen LogP contribution >= 0.6 is 11.6 Å². The molecule has 1 aromatic rings. The average Bonchev–Trinajstić information content (AvgIpc) is 2.59. The number of pyridine rings is 1. The van der Waals surface area contributed by atoms with Gasteiger partial charge < -0.3 is 14.8 Å².